The van der Waals surface area contributed by atoms with Gasteiger partial charge in [-0.1, -0.05) is 54.1 Å². The number of carbonyl (C=O) groups excluding carboxylic acids is 1. The Morgan fingerprint density at radius 3 is 2.75 bits per heavy atom. The van der Waals surface area contributed by atoms with E-state index >= 15 is 0 Å². The lowest BCUT2D eigenvalue weighted by atomic mass is 10.0. The number of amidine groups is 1. The predicted molar refractivity (Wildman–Crippen MR) is 124 cm³/mol. The van der Waals surface area contributed by atoms with E-state index in [-0.39, 0.29) is 23.5 Å². The number of aryl methyl sites for hydroxylation is 2. The minimum atomic E-state index is -3.58. The molecule has 1 aliphatic carbocycles. The van der Waals surface area contributed by atoms with Gasteiger partial charge in [0.2, 0.25) is 0 Å². The number of hydrogen-bond acceptors (Lipinski definition) is 4. The third kappa shape index (κ3) is 3.88. The average molecular weight is 448 g/mol. The molecule has 1 atom stereocenters. The van der Waals surface area contributed by atoms with Gasteiger partial charge in [-0.05, 0) is 48.6 Å². The van der Waals surface area contributed by atoms with Crippen molar-refractivity contribution in [1.29, 1.82) is 0 Å². The molecule has 0 fully saturated rings. The number of nitrogens with zero attached hydrogens (tertiary/aromatic N) is 3. The first-order valence-electron chi connectivity index (χ1n) is 10.8. The van der Waals surface area contributed by atoms with Gasteiger partial charge in [-0.3, -0.25) is 4.79 Å². The van der Waals surface area contributed by atoms with Crippen LogP contribution in [0.15, 0.2) is 76.9 Å². The van der Waals surface area contributed by atoms with Crippen LogP contribution in [0.3, 0.4) is 0 Å². The summed E-state index contributed by atoms with van der Waals surface area (Å²) in [5, 5.41) is 0. The van der Waals surface area contributed by atoms with Gasteiger partial charge >= 0.3 is 0 Å². The molecule has 32 heavy (non-hydrogen) atoms. The van der Waals surface area contributed by atoms with Crippen molar-refractivity contribution in [3.63, 3.8) is 0 Å². The highest BCUT2D eigenvalue weighted by Gasteiger charge is 2.36. The van der Waals surface area contributed by atoms with Crippen molar-refractivity contribution < 1.29 is 13.2 Å². The molecule has 1 unspecified atom stereocenters. The minimum absolute atomic E-state index is 0.0502. The normalized spacial score (nSPS) is 20.8. The number of hydrogen-bond donors (Lipinski definition) is 0. The van der Waals surface area contributed by atoms with Crippen LogP contribution in [0.4, 0.5) is 0 Å². The number of sulfonamides is 1. The fourth-order valence-corrected chi connectivity index (χ4v) is 5.60. The Labute approximate surface area is 188 Å². The number of amides is 1. The SMILES string of the molecule is Cc1ccc(CN(C(=O)C2=CC=CN3CCS(=O)(=O)N=C23)C2CCc3ccccc32)cc1. The van der Waals surface area contributed by atoms with E-state index in [0.717, 1.165) is 29.5 Å². The van der Waals surface area contributed by atoms with E-state index in [1.165, 1.54) is 5.56 Å². The van der Waals surface area contributed by atoms with E-state index in [4.69, 9.17) is 0 Å². The first-order chi connectivity index (χ1) is 15.4. The van der Waals surface area contributed by atoms with Gasteiger partial charge in [0.15, 0.2) is 5.84 Å². The molecule has 0 bridgehead atoms. The summed E-state index contributed by atoms with van der Waals surface area (Å²) >= 11 is 0. The van der Waals surface area contributed by atoms with Crippen molar-refractivity contribution >= 4 is 21.8 Å². The number of fused-ring (bicyclic) bond motifs is 2. The Hall–Kier alpha value is -3.19. The zero-order valence-electron chi connectivity index (χ0n) is 17.9. The van der Waals surface area contributed by atoms with Crippen molar-refractivity contribution in [2.75, 3.05) is 12.3 Å². The molecule has 5 rings (SSSR count). The molecule has 2 heterocycles. The monoisotopic (exact) mass is 447 g/mol. The number of allylic oxidation sites excluding steroid dienone is 2. The highest BCUT2D eigenvalue weighted by Crippen LogP contribution is 2.37. The molecule has 7 heteroatoms. The van der Waals surface area contributed by atoms with Gasteiger partial charge in [-0.2, -0.15) is 0 Å². The molecule has 0 saturated heterocycles. The van der Waals surface area contributed by atoms with E-state index in [9.17, 15) is 13.2 Å². The fraction of sp³-hybridized carbons (Fsp3) is 0.280. The second kappa shape index (κ2) is 8.06. The van der Waals surface area contributed by atoms with Gasteiger partial charge in [0.25, 0.3) is 15.9 Å². The molecule has 2 aromatic carbocycles. The first kappa shape index (κ1) is 20.7. The number of carbonyl (C=O) groups is 1. The summed E-state index contributed by atoms with van der Waals surface area (Å²) in [4.78, 5) is 17.6. The molecule has 1 amide bonds. The van der Waals surface area contributed by atoms with Crippen molar-refractivity contribution in [3.8, 4) is 0 Å². The van der Waals surface area contributed by atoms with Crippen LogP contribution in [0.1, 0.15) is 34.7 Å². The molecule has 2 aromatic rings. The van der Waals surface area contributed by atoms with E-state index in [0.29, 0.717) is 18.7 Å². The summed E-state index contributed by atoms with van der Waals surface area (Å²) in [5.41, 5.74) is 4.95. The molecule has 0 aromatic heterocycles. The van der Waals surface area contributed by atoms with Crippen molar-refractivity contribution in [2.45, 2.75) is 32.4 Å². The minimum Gasteiger partial charge on any atom is -0.331 e. The molecule has 0 saturated carbocycles. The van der Waals surface area contributed by atoms with Gasteiger partial charge in [0, 0.05) is 19.3 Å². The molecule has 2 aliphatic heterocycles. The molecule has 6 nitrogen and oxygen atoms in total. The summed E-state index contributed by atoms with van der Waals surface area (Å²) in [6.07, 6.45) is 7.01. The van der Waals surface area contributed by atoms with E-state index in [1.807, 2.05) is 48.2 Å². The van der Waals surface area contributed by atoms with Crippen LogP contribution in [-0.4, -0.2) is 42.3 Å². The van der Waals surface area contributed by atoms with Crippen LogP contribution in [0.2, 0.25) is 0 Å². The maximum Gasteiger partial charge on any atom is 0.258 e. The van der Waals surface area contributed by atoms with Gasteiger partial charge in [-0.25, -0.2) is 8.42 Å². The Balaban J connectivity index is 1.55. The summed E-state index contributed by atoms with van der Waals surface area (Å²) in [6.45, 7) is 2.78. The molecular weight excluding hydrogens is 422 g/mol. The van der Waals surface area contributed by atoms with Crippen LogP contribution < -0.4 is 0 Å². The zero-order chi connectivity index (χ0) is 22.3. The molecular formula is C25H25N3O3S. The summed E-state index contributed by atoms with van der Waals surface area (Å²) in [5.74, 6) is -0.0211. The molecule has 0 radical (unpaired) electrons. The molecule has 0 N–H and O–H groups in total. The molecule has 0 spiro atoms. The highest BCUT2D eigenvalue weighted by molar-refractivity contribution is 7.90. The maximum atomic E-state index is 14.0. The van der Waals surface area contributed by atoms with Crippen LogP contribution in [0, 0.1) is 6.92 Å². The van der Waals surface area contributed by atoms with Crippen molar-refractivity contribution in [1.82, 2.24) is 9.80 Å². The highest BCUT2D eigenvalue weighted by atomic mass is 32.2. The van der Waals surface area contributed by atoms with Crippen LogP contribution in [0.25, 0.3) is 0 Å². The third-order valence-corrected chi connectivity index (χ3v) is 7.45. The smallest absolute Gasteiger partial charge is 0.258 e. The molecule has 164 valence electrons. The zero-order valence-corrected chi connectivity index (χ0v) is 18.8. The van der Waals surface area contributed by atoms with Crippen molar-refractivity contribution in [3.05, 3.63) is 94.7 Å². The Morgan fingerprint density at radius 2 is 1.94 bits per heavy atom. The topological polar surface area (TPSA) is 70.1 Å². The Bertz CT molecular complexity index is 1260. The largest absolute Gasteiger partial charge is 0.331 e. The van der Waals surface area contributed by atoms with Gasteiger partial charge in [-0.15, -0.1) is 4.40 Å². The second-order valence-electron chi connectivity index (χ2n) is 8.49. The summed E-state index contributed by atoms with van der Waals surface area (Å²) in [7, 11) is -3.58. The van der Waals surface area contributed by atoms with E-state index < -0.39 is 10.0 Å². The van der Waals surface area contributed by atoms with Gasteiger partial charge < -0.3 is 9.80 Å². The average Bonchev–Trinajstić information content (AvgIpc) is 3.21. The third-order valence-electron chi connectivity index (χ3n) is 6.30. The predicted octanol–water partition coefficient (Wildman–Crippen LogP) is 3.51. The van der Waals surface area contributed by atoms with E-state index in [2.05, 4.69) is 16.5 Å². The van der Waals surface area contributed by atoms with Crippen LogP contribution in [0.5, 0.6) is 0 Å². The molecule has 3 aliphatic rings. The quantitative estimate of drug-likeness (QED) is 0.719. The van der Waals surface area contributed by atoms with Crippen LogP contribution in [-0.2, 0) is 27.8 Å². The number of benzene rings is 2. The second-order valence-corrected chi connectivity index (χ2v) is 10.2. The van der Waals surface area contributed by atoms with Crippen LogP contribution >= 0.6 is 0 Å². The fourth-order valence-electron chi connectivity index (χ4n) is 4.61. The summed E-state index contributed by atoms with van der Waals surface area (Å²) < 4.78 is 28.4. The number of rotatable bonds is 4. The first-order valence-corrected chi connectivity index (χ1v) is 12.4. The van der Waals surface area contributed by atoms with Gasteiger partial charge in [0.05, 0.1) is 17.4 Å². The lowest BCUT2D eigenvalue weighted by Crippen LogP contribution is -2.44. The maximum absolute atomic E-state index is 14.0. The standard InChI is InChI=1S/C25H25N3O3S/c1-18-8-10-19(11-9-18)17-28(23-13-12-20-5-2-3-6-21(20)23)25(29)22-7-4-14-27-15-16-32(30,31)26-24(22)27/h2-11,14,23H,12-13,15-17H2,1H3. The van der Waals surface area contributed by atoms with Gasteiger partial charge in [0.1, 0.15) is 0 Å². The lowest BCUT2D eigenvalue weighted by Gasteiger charge is -2.34. The summed E-state index contributed by atoms with van der Waals surface area (Å²) in [6, 6.07) is 16.3. The Kier molecular flexibility index (Phi) is 5.21. The Morgan fingerprint density at radius 1 is 1.16 bits per heavy atom. The van der Waals surface area contributed by atoms with E-state index in [1.54, 1.807) is 23.3 Å². The lowest BCUT2D eigenvalue weighted by molar-refractivity contribution is -0.129. The van der Waals surface area contributed by atoms with Crippen molar-refractivity contribution in [2.24, 2.45) is 4.40 Å².